The Hall–Kier alpha value is -1.88. The summed E-state index contributed by atoms with van der Waals surface area (Å²) in [6.07, 6.45) is 1.96. The predicted octanol–water partition coefficient (Wildman–Crippen LogP) is 3.39. The predicted molar refractivity (Wildman–Crippen MR) is 75.6 cm³/mol. The van der Waals surface area contributed by atoms with Crippen molar-refractivity contribution in [3.8, 4) is 0 Å². The Balaban J connectivity index is 1.97. The second kappa shape index (κ2) is 4.10. The fourth-order valence-corrected chi connectivity index (χ4v) is 2.79. The molecule has 2 heterocycles. The van der Waals surface area contributed by atoms with Crippen LogP contribution in [0.15, 0.2) is 24.4 Å². The van der Waals surface area contributed by atoms with Crippen LogP contribution < -0.4 is 5.32 Å². The number of hydrogen-bond acceptors (Lipinski definition) is 4. The molecule has 0 aliphatic carbocycles. The second-order valence-corrected chi connectivity index (χ2v) is 5.45. The molecule has 2 aromatic heterocycles. The maximum atomic E-state index is 4.59. The van der Waals surface area contributed by atoms with Gasteiger partial charge in [-0.3, -0.25) is 4.68 Å². The lowest BCUT2D eigenvalue weighted by Crippen LogP contribution is -1.89. The average Bonchev–Trinajstić information content (AvgIpc) is 2.82. The van der Waals surface area contributed by atoms with Gasteiger partial charge < -0.3 is 5.32 Å². The van der Waals surface area contributed by atoms with Crippen molar-refractivity contribution in [2.45, 2.75) is 13.8 Å². The molecule has 0 bridgehead atoms. The summed E-state index contributed by atoms with van der Waals surface area (Å²) in [5.41, 5.74) is 4.27. The number of benzene rings is 1. The Morgan fingerprint density at radius 2 is 2.11 bits per heavy atom. The zero-order chi connectivity index (χ0) is 12.7. The molecule has 1 aromatic carbocycles. The van der Waals surface area contributed by atoms with E-state index >= 15 is 0 Å². The van der Waals surface area contributed by atoms with Crippen molar-refractivity contribution >= 4 is 32.4 Å². The monoisotopic (exact) mass is 258 g/mol. The molecule has 4 nitrogen and oxygen atoms in total. The number of fused-ring (bicyclic) bond motifs is 1. The van der Waals surface area contributed by atoms with Gasteiger partial charge in [-0.15, -0.1) is 0 Å². The number of hydrogen-bond donors (Lipinski definition) is 1. The Morgan fingerprint density at radius 1 is 1.28 bits per heavy atom. The Labute approximate surface area is 109 Å². The lowest BCUT2D eigenvalue weighted by molar-refractivity contribution is 0.756. The molecule has 0 fully saturated rings. The van der Waals surface area contributed by atoms with E-state index in [1.807, 2.05) is 20.2 Å². The van der Waals surface area contributed by atoms with E-state index in [-0.39, 0.29) is 0 Å². The number of thiazole rings is 1. The molecule has 0 amide bonds. The van der Waals surface area contributed by atoms with Gasteiger partial charge in [0.15, 0.2) is 5.13 Å². The van der Waals surface area contributed by atoms with E-state index in [0.29, 0.717) is 0 Å². The van der Waals surface area contributed by atoms with Crippen LogP contribution in [0.1, 0.15) is 11.3 Å². The van der Waals surface area contributed by atoms with Gasteiger partial charge in [-0.1, -0.05) is 17.4 Å². The maximum Gasteiger partial charge on any atom is 0.188 e. The summed E-state index contributed by atoms with van der Waals surface area (Å²) in [6, 6.07) is 6.33. The number of aromatic nitrogens is 3. The summed E-state index contributed by atoms with van der Waals surface area (Å²) in [6.45, 7) is 4.07. The summed E-state index contributed by atoms with van der Waals surface area (Å²) in [5, 5.41) is 8.54. The van der Waals surface area contributed by atoms with Crippen molar-refractivity contribution in [2.75, 3.05) is 5.32 Å². The van der Waals surface area contributed by atoms with Gasteiger partial charge in [-0.2, -0.15) is 5.10 Å². The number of aryl methyl sites for hydroxylation is 3. The third kappa shape index (κ3) is 1.97. The van der Waals surface area contributed by atoms with Crippen molar-refractivity contribution in [1.29, 1.82) is 0 Å². The van der Waals surface area contributed by atoms with Gasteiger partial charge in [0.1, 0.15) is 0 Å². The van der Waals surface area contributed by atoms with Crippen LogP contribution in [0.5, 0.6) is 0 Å². The average molecular weight is 258 g/mol. The van der Waals surface area contributed by atoms with Crippen LogP contribution in [0, 0.1) is 13.8 Å². The summed E-state index contributed by atoms with van der Waals surface area (Å²) in [5.74, 6) is 0. The highest BCUT2D eigenvalue weighted by Crippen LogP contribution is 2.29. The first-order valence-corrected chi connectivity index (χ1v) is 6.58. The van der Waals surface area contributed by atoms with Crippen LogP contribution in [-0.4, -0.2) is 14.8 Å². The smallest absolute Gasteiger partial charge is 0.188 e. The fraction of sp³-hybridized carbons (Fsp3) is 0.231. The summed E-state index contributed by atoms with van der Waals surface area (Å²) < 4.78 is 3.00. The molecular formula is C13H14N4S. The third-order valence-electron chi connectivity index (χ3n) is 2.80. The topological polar surface area (TPSA) is 42.7 Å². The summed E-state index contributed by atoms with van der Waals surface area (Å²) in [4.78, 5) is 4.59. The molecule has 5 heteroatoms. The summed E-state index contributed by atoms with van der Waals surface area (Å²) >= 11 is 1.66. The van der Waals surface area contributed by atoms with Crippen molar-refractivity contribution in [3.63, 3.8) is 0 Å². The number of anilines is 2. The molecule has 92 valence electrons. The normalized spacial score (nSPS) is 11.1. The highest BCUT2D eigenvalue weighted by Gasteiger charge is 2.07. The maximum absolute atomic E-state index is 4.59. The number of rotatable bonds is 2. The molecule has 0 atom stereocenters. The molecular weight excluding hydrogens is 244 g/mol. The van der Waals surface area contributed by atoms with Crippen LogP contribution >= 0.6 is 11.3 Å². The van der Waals surface area contributed by atoms with Crippen LogP contribution in [0.25, 0.3) is 10.2 Å². The zero-order valence-corrected chi connectivity index (χ0v) is 11.4. The Morgan fingerprint density at radius 3 is 2.83 bits per heavy atom. The molecule has 0 unspecified atom stereocenters. The minimum absolute atomic E-state index is 0.909. The first kappa shape index (κ1) is 11.2. The molecule has 0 saturated heterocycles. The fourth-order valence-electron chi connectivity index (χ4n) is 1.93. The van der Waals surface area contributed by atoms with Crippen molar-refractivity contribution in [1.82, 2.24) is 14.8 Å². The highest BCUT2D eigenvalue weighted by molar-refractivity contribution is 7.22. The zero-order valence-electron chi connectivity index (χ0n) is 10.6. The van der Waals surface area contributed by atoms with Gasteiger partial charge in [-0.05, 0) is 31.5 Å². The molecule has 1 N–H and O–H groups in total. The standard InChI is InChI=1S/C13H14N4S/c1-8-4-5-12-10(6-8)14-13(18-12)15-11-7-17(3)16-9(11)2/h4-7H,1-3H3,(H,14,15). The minimum Gasteiger partial charge on any atom is -0.329 e. The third-order valence-corrected chi connectivity index (χ3v) is 3.75. The van der Waals surface area contributed by atoms with Crippen LogP contribution in [-0.2, 0) is 7.05 Å². The van der Waals surface area contributed by atoms with Gasteiger partial charge in [0.2, 0.25) is 0 Å². The Kier molecular flexibility index (Phi) is 2.56. The van der Waals surface area contributed by atoms with Crippen LogP contribution in [0.3, 0.4) is 0 Å². The molecule has 3 rings (SSSR count). The highest BCUT2D eigenvalue weighted by atomic mass is 32.1. The van der Waals surface area contributed by atoms with Crippen molar-refractivity contribution < 1.29 is 0 Å². The molecule has 18 heavy (non-hydrogen) atoms. The first-order valence-electron chi connectivity index (χ1n) is 5.76. The summed E-state index contributed by atoms with van der Waals surface area (Å²) in [7, 11) is 1.92. The van der Waals surface area contributed by atoms with E-state index in [9.17, 15) is 0 Å². The van der Waals surface area contributed by atoms with Gasteiger partial charge in [0.05, 0.1) is 21.6 Å². The van der Waals surface area contributed by atoms with E-state index in [4.69, 9.17) is 0 Å². The van der Waals surface area contributed by atoms with Crippen molar-refractivity contribution in [3.05, 3.63) is 35.7 Å². The molecule has 0 radical (unpaired) electrons. The van der Waals surface area contributed by atoms with Gasteiger partial charge in [0, 0.05) is 13.2 Å². The first-order chi connectivity index (χ1) is 8.61. The van der Waals surface area contributed by atoms with Crippen LogP contribution in [0.4, 0.5) is 10.8 Å². The second-order valence-electron chi connectivity index (χ2n) is 4.42. The van der Waals surface area contributed by atoms with Crippen molar-refractivity contribution in [2.24, 2.45) is 7.05 Å². The van der Waals surface area contributed by atoms with E-state index < -0.39 is 0 Å². The molecule has 3 aromatic rings. The largest absolute Gasteiger partial charge is 0.329 e. The molecule has 0 aliphatic rings. The lowest BCUT2D eigenvalue weighted by Gasteiger charge is -1.97. The SMILES string of the molecule is Cc1ccc2sc(Nc3cn(C)nc3C)nc2c1. The van der Waals surface area contributed by atoms with E-state index in [1.165, 1.54) is 10.3 Å². The minimum atomic E-state index is 0.909. The number of nitrogens with zero attached hydrogens (tertiary/aromatic N) is 3. The Bertz CT molecular complexity index is 711. The van der Waals surface area contributed by atoms with E-state index in [1.54, 1.807) is 16.0 Å². The van der Waals surface area contributed by atoms with Gasteiger partial charge >= 0.3 is 0 Å². The van der Waals surface area contributed by atoms with Crippen LogP contribution in [0.2, 0.25) is 0 Å². The molecule has 0 aliphatic heterocycles. The van der Waals surface area contributed by atoms with E-state index in [0.717, 1.165) is 22.0 Å². The lowest BCUT2D eigenvalue weighted by atomic mass is 10.2. The van der Waals surface area contributed by atoms with E-state index in [2.05, 4.69) is 40.5 Å². The van der Waals surface area contributed by atoms with Gasteiger partial charge in [0.25, 0.3) is 0 Å². The molecule has 0 spiro atoms. The quantitative estimate of drug-likeness (QED) is 0.766. The van der Waals surface area contributed by atoms with Gasteiger partial charge in [-0.25, -0.2) is 4.98 Å². The number of nitrogens with one attached hydrogen (secondary N) is 1. The molecule has 0 saturated carbocycles.